The molecule has 3 aliphatic rings. The predicted octanol–water partition coefficient (Wildman–Crippen LogP) is 0.449. The Hall–Kier alpha value is -4.63. The number of imide groups is 1. The van der Waals surface area contributed by atoms with Gasteiger partial charge in [-0.3, -0.25) is 19.9 Å². The molecule has 0 bridgehead atoms. The number of benzene rings is 1. The molecule has 2 fully saturated rings. The number of nitrogens with one attached hydrogen (secondary N) is 2. The summed E-state index contributed by atoms with van der Waals surface area (Å²) < 4.78 is 5.23. The maximum Gasteiger partial charge on any atom is 0.323 e. The van der Waals surface area contributed by atoms with Gasteiger partial charge in [0.15, 0.2) is 5.84 Å². The molecule has 39 heavy (non-hydrogen) atoms. The Morgan fingerprint density at radius 1 is 1.18 bits per heavy atom. The van der Waals surface area contributed by atoms with E-state index in [4.69, 9.17) is 4.74 Å². The zero-order valence-corrected chi connectivity index (χ0v) is 21.7. The Balaban J connectivity index is 1.39. The number of likely N-dealkylation sites (N-methyl/N-ethyl adjacent to an activating group) is 1. The minimum absolute atomic E-state index is 0.147. The summed E-state index contributed by atoms with van der Waals surface area (Å²) in [6, 6.07) is 6.25. The van der Waals surface area contributed by atoms with Crippen molar-refractivity contribution in [2.45, 2.75) is 19.0 Å². The van der Waals surface area contributed by atoms with Gasteiger partial charge >= 0.3 is 6.03 Å². The van der Waals surface area contributed by atoms with Gasteiger partial charge in [-0.05, 0) is 30.3 Å². The molecule has 12 nitrogen and oxygen atoms in total. The van der Waals surface area contributed by atoms with Crippen molar-refractivity contribution in [2.24, 2.45) is 5.16 Å². The molecular weight excluding hydrogens is 502 g/mol. The van der Waals surface area contributed by atoms with E-state index in [1.165, 1.54) is 18.2 Å². The van der Waals surface area contributed by atoms with Crippen LogP contribution in [0.15, 0.2) is 41.8 Å². The van der Waals surface area contributed by atoms with Gasteiger partial charge in [-0.25, -0.2) is 4.79 Å². The number of amides is 4. The van der Waals surface area contributed by atoms with E-state index in [2.05, 4.69) is 44.4 Å². The number of ether oxygens (including phenoxy) is 1. The Labute approximate surface area is 225 Å². The van der Waals surface area contributed by atoms with Gasteiger partial charge in [0, 0.05) is 61.8 Å². The van der Waals surface area contributed by atoms with Gasteiger partial charge in [-0.1, -0.05) is 30.0 Å². The van der Waals surface area contributed by atoms with Crippen LogP contribution >= 0.6 is 0 Å². The van der Waals surface area contributed by atoms with E-state index in [-0.39, 0.29) is 19.0 Å². The summed E-state index contributed by atoms with van der Waals surface area (Å²) in [5.74, 6) is 5.84. The summed E-state index contributed by atoms with van der Waals surface area (Å²) in [7, 11) is 1.52. The molecule has 5 rings (SSSR count). The summed E-state index contributed by atoms with van der Waals surface area (Å²) in [4.78, 5) is 48.2. The molecule has 0 saturated carbocycles. The molecular formula is C27H29N7O5. The number of methoxy groups -OCH3 is 1. The summed E-state index contributed by atoms with van der Waals surface area (Å²) in [6.45, 7) is 6.30. The molecule has 0 aliphatic carbocycles. The van der Waals surface area contributed by atoms with Gasteiger partial charge in [-0.2, -0.15) is 0 Å². The van der Waals surface area contributed by atoms with Crippen LogP contribution in [0.4, 0.5) is 4.79 Å². The van der Waals surface area contributed by atoms with E-state index in [9.17, 15) is 19.6 Å². The minimum atomic E-state index is -1.65. The van der Waals surface area contributed by atoms with E-state index in [1.54, 1.807) is 30.5 Å². The van der Waals surface area contributed by atoms with E-state index < -0.39 is 17.5 Å². The van der Waals surface area contributed by atoms with E-state index in [1.807, 2.05) is 4.90 Å². The van der Waals surface area contributed by atoms with E-state index in [0.29, 0.717) is 41.4 Å². The predicted molar refractivity (Wildman–Crippen MR) is 140 cm³/mol. The fourth-order valence-corrected chi connectivity index (χ4v) is 5.00. The number of carbonyl (C=O) groups excluding carboxylic acids is 3. The maximum absolute atomic E-state index is 13.1. The first-order valence-electron chi connectivity index (χ1n) is 12.6. The average molecular weight is 532 g/mol. The number of nitrogens with zero attached hydrogens (tertiary/aromatic N) is 5. The van der Waals surface area contributed by atoms with Crippen LogP contribution in [-0.2, 0) is 11.3 Å². The highest BCUT2D eigenvalue weighted by Crippen LogP contribution is 2.28. The SMILES string of the molecule is CCN1CCN(C(=NO)c2cncc(C#C[C@]3(CN4Cc5ccc(OC)cc5C4=O)NC(=O)NC3=O)c2)CC1. The molecule has 12 heteroatoms. The number of urea groups is 1. The molecule has 1 aromatic heterocycles. The van der Waals surface area contributed by atoms with Crippen molar-refractivity contribution in [3.63, 3.8) is 0 Å². The summed E-state index contributed by atoms with van der Waals surface area (Å²) in [5.41, 5.74) is 0.646. The largest absolute Gasteiger partial charge is 0.497 e. The third-order valence-corrected chi connectivity index (χ3v) is 7.20. The molecule has 0 spiro atoms. The number of aromatic nitrogens is 1. The van der Waals surface area contributed by atoms with Crippen molar-refractivity contribution < 1.29 is 24.3 Å². The molecule has 0 unspecified atom stereocenters. The second-order valence-corrected chi connectivity index (χ2v) is 9.56. The van der Waals surface area contributed by atoms with Gasteiger partial charge in [0.2, 0.25) is 5.54 Å². The maximum atomic E-state index is 13.1. The van der Waals surface area contributed by atoms with Gasteiger partial charge < -0.3 is 30.0 Å². The molecule has 3 N–H and O–H groups in total. The second-order valence-electron chi connectivity index (χ2n) is 9.56. The quantitative estimate of drug-likeness (QED) is 0.126. The second kappa shape index (κ2) is 10.6. The number of oxime groups is 1. The highest BCUT2D eigenvalue weighted by atomic mass is 16.5. The fourth-order valence-electron chi connectivity index (χ4n) is 5.00. The normalized spacial score (nSPS) is 21.3. The molecule has 3 aliphatic heterocycles. The number of rotatable bonds is 5. The first-order chi connectivity index (χ1) is 18.9. The topological polar surface area (TPSA) is 140 Å². The molecule has 1 aromatic carbocycles. The molecule has 4 amide bonds. The number of pyridine rings is 1. The third kappa shape index (κ3) is 5.08. The summed E-state index contributed by atoms with van der Waals surface area (Å²) in [5, 5.41) is 18.1. The lowest BCUT2D eigenvalue weighted by Gasteiger charge is -2.35. The van der Waals surface area contributed by atoms with Crippen molar-refractivity contribution >= 4 is 23.7 Å². The Kier molecular flexibility index (Phi) is 7.08. The molecule has 0 radical (unpaired) electrons. The number of fused-ring (bicyclic) bond motifs is 1. The van der Waals surface area contributed by atoms with Crippen molar-refractivity contribution in [1.82, 2.24) is 30.3 Å². The van der Waals surface area contributed by atoms with Crippen LogP contribution < -0.4 is 15.4 Å². The van der Waals surface area contributed by atoms with Gasteiger partial charge in [0.05, 0.1) is 13.7 Å². The van der Waals surface area contributed by atoms with Crippen LogP contribution in [-0.4, -0.2) is 100 Å². The number of hydrogen-bond acceptors (Lipinski definition) is 8. The number of carbonyl (C=O) groups is 3. The van der Waals surface area contributed by atoms with E-state index >= 15 is 0 Å². The van der Waals surface area contributed by atoms with Gasteiger partial charge in [0.25, 0.3) is 11.8 Å². The molecule has 2 aromatic rings. The van der Waals surface area contributed by atoms with Crippen LogP contribution in [0.3, 0.4) is 0 Å². The number of piperazine rings is 1. The summed E-state index contributed by atoms with van der Waals surface area (Å²) in [6.07, 6.45) is 3.10. The first-order valence-corrected chi connectivity index (χ1v) is 12.6. The molecule has 2 saturated heterocycles. The third-order valence-electron chi connectivity index (χ3n) is 7.20. The lowest BCUT2D eigenvalue weighted by molar-refractivity contribution is -0.122. The van der Waals surface area contributed by atoms with Gasteiger partial charge in [0.1, 0.15) is 5.75 Å². The molecule has 4 heterocycles. The lowest BCUT2D eigenvalue weighted by atomic mass is 9.99. The Morgan fingerprint density at radius 2 is 1.97 bits per heavy atom. The van der Waals surface area contributed by atoms with Crippen molar-refractivity contribution in [3.8, 4) is 17.6 Å². The van der Waals surface area contributed by atoms with Crippen molar-refractivity contribution in [1.29, 1.82) is 0 Å². The van der Waals surface area contributed by atoms with Gasteiger partial charge in [-0.15, -0.1) is 0 Å². The highest BCUT2D eigenvalue weighted by molar-refractivity contribution is 6.10. The van der Waals surface area contributed by atoms with Crippen LogP contribution in [0.2, 0.25) is 0 Å². The van der Waals surface area contributed by atoms with Crippen molar-refractivity contribution in [2.75, 3.05) is 46.4 Å². The van der Waals surface area contributed by atoms with Crippen LogP contribution in [0.1, 0.15) is 34.0 Å². The Bertz CT molecular complexity index is 1410. The van der Waals surface area contributed by atoms with Crippen LogP contribution in [0.25, 0.3) is 0 Å². The first kappa shape index (κ1) is 26.0. The molecule has 202 valence electrons. The smallest absolute Gasteiger partial charge is 0.323 e. The minimum Gasteiger partial charge on any atom is -0.497 e. The van der Waals surface area contributed by atoms with E-state index in [0.717, 1.165) is 25.2 Å². The standard InChI is InChI=1S/C27H29N7O5/c1-3-32-8-10-33(11-9-32)23(31-38)20-12-18(14-28-15-20)6-7-27(25(36)29-26(37)30-27)17-34-16-19-4-5-21(39-2)13-22(19)24(34)35/h4-5,12-15,38H,3,8-11,16-17H2,1-2H3,(H2,29,30,36,37)/t27-/m1/s1. The Morgan fingerprint density at radius 3 is 2.64 bits per heavy atom. The lowest BCUT2D eigenvalue weighted by Crippen LogP contribution is -2.54. The zero-order valence-electron chi connectivity index (χ0n) is 21.7. The van der Waals surface area contributed by atoms with Crippen molar-refractivity contribution in [3.05, 3.63) is 58.9 Å². The fraction of sp³-hybridized carbons (Fsp3) is 0.370. The number of amidine groups is 1. The van der Waals surface area contributed by atoms with Crippen LogP contribution in [0.5, 0.6) is 5.75 Å². The molecule has 1 atom stereocenters. The number of hydrogen-bond donors (Lipinski definition) is 3. The summed E-state index contributed by atoms with van der Waals surface area (Å²) >= 11 is 0. The average Bonchev–Trinajstić information content (AvgIpc) is 3.42. The van der Waals surface area contributed by atoms with Crippen LogP contribution in [0, 0.1) is 11.8 Å². The zero-order chi connectivity index (χ0) is 27.6. The highest BCUT2D eigenvalue weighted by Gasteiger charge is 2.48. The monoisotopic (exact) mass is 531 g/mol.